The number of benzene rings is 1. The highest BCUT2D eigenvalue weighted by Gasteiger charge is 2.33. The number of aryl methyl sites for hydroxylation is 1. The minimum absolute atomic E-state index is 0.0213. The second kappa shape index (κ2) is 5.92. The molecule has 0 saturated carbocycles. The standard InChI is InChI=1S/C11H12F3N3O2/c1-6-2-3-7(4-8(6)11(12,13)14)10(19)9(18)5-16-17-15/h2-4,9-10,18-19H,5H2,1H3. The maximum Gasteiger partial charge on any atom is 0.416 e. The Bertz CT molecular complexity index is 498. The van der Waals surface area contributed by atoms with E-state index in [0.717, 1.165) is 6.07 Å². The van der Waals surface area contributed by atoms with Gasteiger partial charge in [0.05, 0.1) is 18.2 Å². The summed E-state index contributed by atoms with van der Waals surface area (Å²) < 4.78 is 38.1. The SMILES string of the molecule is Cc1ccc(C(O)C(O)CN=[N+]=[N-])cc1C(F)(F)F. The van der Waals surface area contributed by atoms with Gasteiger partial charge in [-0.2, -0.15) is 13.2 Å². The lowest BCUT2D eigenvalue weighted by Crippen LogP contribution is -2.21. The van der Waals surface area contributed by atoms with Gasteiger partial charge in [-0.25, -0.2) is 0 Å². The van der Waals surface area contributed by atoms with Crippen molar-refractivity contribution in [1.29, 1.82) is 0 Å². The van der Waals surface area contributed by atoms with Crippen molar-refractivity contribution in [3.8, 4) is 0 Å². The van der Waals surface area contributed by atoms with Gasteiger partial charge in [-0.05, 0) is 29.6 Å². The van der Waals surface area contributed by atoms with Crippen molar-refractivity contribution in [3.63, 3.8) is 0 Å². The smallest absolute Gasteiger partial charge is 0.390 e. The van der Waals surface area contributed by atoms with Crippen molar-refractivity contribution >= 4 is 0 Å². The van der Waals surface area contributed by atoms with Gasteiger partial charge in [-0.3, -0.25) is 0 Å². The quantitative estimate of drug-likeness (QED) is 0.502. The molecule has 0 aromatic heterocycles. The Kier molecular flexibility index (Phi) is 4.77. The lowest BCUT2D eigenvalue weighted by molar-refractivity contribution is -0.138. The Balaban J connectivity index is 3.05. The van der Waals surface area contributed by atoms with E-state index in [0.29, 0.717) is 0 Å². The lowest BCUT2D eigenvalue weighted by atomic mass is 9.98. The van der Waals surface area contributed by atoms with Gasteiger partial charge in [0, 0.05) is 4.91 Å². The summed E-state index contributed by atoms with van der Waals surface area (Å²) in [5, 5.41) is 22.2. The van der Waals surface area contributed by atoms with Crippen molar-refractivity contribution < 1.29 is 23.4 Å². The first-order valence-electron chi connectivity index (χ1n) is 5.32. The maximum absolute atomic E-state index is 12.7. The van der Waals surface area contributed by atoms with E-state index in [2.05, 4.69) is 10.0 Å². The van der Waals surface area contributed by atoms with Crippen LogP contribution in [0.4, 0.5) is 13.2 Å². The summed E-state index contributed by atoms with van der Waals surface area (Å²) in [5.41, 5.74) is 7.13. The number of hydrogen-bond donors (Lipinski definition) is 2. The fourth-order valence-corrected chi connectivity index (χ4v) is 1.57. The highest BCUT2D eigenvalue weighted by Crippen LogP contribution is 2.33. The van der Waals surface area contributed by atoms with Gasteiger partial charge in [0.2, 0.25) is 0 Å². The van der Waals surface area contributed by atoms with Crippen molar-refractivity contribution in [1.82, 2.24) is 0 Å². The van der Waals surface area contributed by atoms with Crippen LogP contribution in [0, 0.1) is 6.92 Å². The summed E-state index contributed by atoms with van der Waals surface area (Å²) in [4.78, 5) is 2.40. The zero-order valence-corrected chi connectivity index (χ0v) is 9.96. The minimum atomic E-state index is -4.53. The molecule has 0 amide bonds. The Morgan fingerprint density at radius 3 is 2.53 bits per heavy atom. The van der Waals surface area contributed by atoms with E-state index in [1.807, 2.05) is 0 Å². The third-order valence-corrected chi connectivity index (χ3v) is 2.60. The average Bonchev–Trinajstić information content (AvgIpc) is 2.34. The van der Waals surface area contributed by atoms with E-state index in [-0.39, 0.29) is 11.1 Å². The highest BCUT2D eigenvalue weighted by molar-refractivity contribution is 5.34. The third kappa shape index (κ3) is 3.85. The predicted molar refractivity (Wildman–Crippen MR) is 61.2 cm³/mol. The Labute approximate surface area is 106 Å². The number of aliphatic hydroxyl groups is 2. The highest BCUT2D eigenvalue weighted by atomic mass is 19.4. The minimum Gasteiger partial charge on any atom is -0.390 e. The average molecular weight is 275 g/mol. The molecule has 0 saturated heterocycles. The van der Waals surface area contributed by atoms with Crippen LogP contribution in [0.25, 0.3) is 10.4 Å². The monoisotopic (exact) mass is 275 g/mol. The second-order valence-corrected chi connectivity index (χ2v) is 4.00. The molecule has 2 N–H and O–H groups in total. The zero-order chi connectivity index (χ0) is 14.6. The van der Waals surface area contributed by atoms with Crippen LogP contribution in [-0.4, -0.2) is 22.9 Å². The second-order valence-electron chi connectivity index (χ2n) is 4.00. The number of nitrogens with zero attached hydrogens (tertiary/aromatic N) is 3. The molecule has 0 radical (unpaired) electrons. The van der Waals surface area contributed by atoms with Crippen molar-refractivity contribution in [2.75, 3.05) is 6.54 Å². The molecule has 2 atom stereocenters. The van der Waals surface area contributed by atoms with Gasteiger partial charge in [0.1, 0.15) is 6.10 Å². The summed E-state index contributed by atoms with van der Waals surface area (Å²) >= 11 is 0. The summed E-state index contributed by atoms with van der Waals surface area (Å²) in [7, 11) is 0. The molecule has 1 aromatic carbocycles. The molecule has 0 aliphatic heterocycles. The molecule has 104 valence electrons. The van der Waals surface area contributed by atoms with Gasteiger partial charge in [0.15, 0.2) is 0 Å². The molecule has 8 heteroatoms. The summed E-state index contributed by atoms with van der Waals surface area (Å²) in [6, 6.07) is 3.27. The van der Waals surface area contributed by atoms with Crippen LogP contribution in [0.5, 0.6) is 0 Å². The van der Waals surface area contributed by atoms with Crippen LogP contribution < -0.4 is 0 Å². The van der Waals surface area contributed by atoms with Gasteiger partial charge in [0.25, 0.3) is 0 Å². The third-order valence-electron chi connectivity index (χ3n) is 2.60. The predicted octanol–water partition coefficient (Wildman–Crippen LogP) is 2.72. The van der Waals surface area contributed by atoms with Gasteiger partial charge in [-0.1, -0.05) is 17.2 Å². The Hall–Kier alpha value is -1.76. The molecule has 5 nitrogen and oxygen atoms in total. The van der Waals surface area contributed by atoms with Crippen LogP contribution >= 0.6 is 0 Å². The Morgan fingerprint density at radius 2 is 2.00 bits per heavy atom. The summed E-state index contributed by atoms with van der Waals surface area (Å²) in [5.74, 6) is 0. The van der Waals surface area contributed by atoms with E-state index >= 15 is 0 Å². The zero-order valence-electron chi connectivity index (χ0n) is 9.96. The number of aliphatic hydroxyl groups excluding tert-OH is 2. The van der Waals surface area contributed by atoms with Gasteiger partial charge in [-0.15, -0.1) is 0 Å². The van der Waals surface area contributed by atoms with Crippen LogP contribution in [-0.2, 0) is 6.18 Å². The number of rotatable bonds is 4. The number of hydrogen-bond acceptors (Lipinski definition) is 3. The first kappa shape index (κ1) is 15.3. The molecule has 1 rings (SSSR count). The molecule has 0 aliphatic carbocycles. The van der Waals surface area contributed by atoms with E-state index < -0.39 is 30.5 Å². The van der Waals surface area contributed by atoms with Crippen LogP contribution in [0.2, 0.25) is 0 Å². The molecule has 0 aliphatic rings. The summed E-state index contributed by atoms with van der Waals surface area (Å²) in [6.07, 6.45) is -7.54. The first-order valence-corrected chi connectivity index (χ1v) is 5.32. The van der Waals surface area contributed by atoms with E-state index in [1.54, 1.807) is 0 Å². The van der Waals surface area contributed by atoms with Crippen molar-refractivity contribution in [2.45, 2.75) is 25.3 Å². The molecule has 19 heavy (non-hydrogen) atoms. The van der Waals surface area contributed by atoms with E-state index in [9.17, 15) is 23.4 Å². The molecule has 1 aromatic rings. The van der Waals surface area contributed by atoms with Crippen LogP contribution in [0.3, 0.4) is 0 Å². The molecule has 0 bridgehead atoms. The van der Waals surface area contributed by atoms with Crippen molar-refractivity contribution in [3.05, 3.63) is 45.3 Å². The number of azide groups is 1. The topological polar surface area (TPSA) is 89.2 Å². The fraction of sp³-hybridized carbons (Fsp3) is 0.455. The fourth-order valence-electron chi connectivity index (χ4n) is 1.57. The molecule has 0 fully saturated rings. The molecule has 0 spiro atoms. The number of halogens is 3. The summed E-state index contributed by atoms with van der Waals surface area (Å²) in [6.45, 7) is 0.877. The lowest BCUT2D eigenvalue weighted by Gasteiger charge is -2.18. The van der Waals surface area contributed by atoms with E-state index in [1.165, 1.54) is 19.1 Å². The van der Waals surface area contributed by atoms with Crippen LogP contribution in [0.15, 0.2) is 23.3 Å². The van der Waals surface area contributed by atoms with Gasteiger partial charge < -0.3 is 10.2 Å². The Morgan fingerprint density at radius 1 is 1.37 bits per heavy atom. The largest absolute Gasteiger partial charge is 0.416 e. The van der Waals surface area contributed by atoms with Crippen LogP contribution in [0.1, 0.15) is 22.8 Å². The van der Waals surface area contributed by atoms with Crippen molar-refractivity contribution in [2.24, 2.45) is 5.11 Å². The first-order chi connectivity index (χ1) is 8.77. The molecular weight excluding hydrogens is 263 g/mol. The molecule has 2 unspecified atom stereocenters. The normalized spacial score (nSPS) is 14.6. The molecular formula is C11H12F3N3O2. The van der Waals surface area contributed by atoms with E-state index in [4.69, 9.17) is 5.53 Å². The molecule has 0 heterocycles. The maximum atomic E-state index is 12.7. The number of alkyl halides is 3. The van der Waals surface area contributed by atoms with Gasteiger partial charge >= 0.3 is 6.18 Å².